The van der Waals surface area contributed by atoms with Gasteiger partial charge in [0.2, 0.25) is 0 Å². The Morgan fingerprint density at radius 3 is 2.74 bits per heavy atom. The molecule has 102 valence electrons. The molecule has 0 radical (unpaired) electrons. The van der Waals surface area contributed by atoms with Crippen molar-refractivity contribution in [3.8, 4) is 5.75 Å². The molecule has 1 heterocycles. The summed E-state index contributed by atoms with van der Waals surface area (Å²) in [6.45, 7) is 6.61. The summed E-state index contributed by atoms with van der Waals surface area (Å²) in [5, 5.41) is 4.57. The number of hydrogen-bond acceptors (Lipinski definition) is 3. The second kappa shape index (κ2) is 6.11. The molecule has 0 spiro atoms. The molecule has 0 aliphatic heterocycles. The minimum Gasteiger partial charge on any atom is -0.485 e. The molecule has 1 aromatic carbocycles. The molecule has 0 fully saturated rings. The zero-order valence-corrected chi connectivity index (χ0v) is 12.2. The van der Waals surface area contributed by atoms with Gasteiger partial charge in [0.05, 0.1) is 5.69 Å². The van der Waals surface area contributed by atoms with E-state index in [0.29, 0.717) is 12.5 Å². The van der Waals surface area contributed by atoms with Crippen LogP contribution in [-0.2, 0) is 13.0 Å². The summed E-state index contributed by atoms with van der Waals surface area (Å²) in [6.07, 6.45) is 0.936. The van der Waals surface area contributed by atoms with Crippen molar-refractivity contribution in [2.75, 3.05) is 0 Å². The number of benzene rings is 1. The molecular weight excluding hydrogens is 262 g/mol. The predicted molar refractivity (Wildman–Crippen MR) is 75.6 cm³/mol. The summed E-state index contributed by atoms with van der Waals surface area (Å²) in [5.74, 6) is 2.13. The predicted octanol–water partition coefficient (Wildman–Crippen LogP) is 4.41. The molecule has 1 aromatic heterocycles. The molecule has 0 atom stereocenters. The van der Waals surface area contributed by atoms with Gasteiger partial charge in [-0.1, -0.05) is 30.6 Å². The van der Waals surface area contributed by atoms with E-state index < -0.39 is 0 Å². The molecule has 0 bridgehead atoms. The smallest absolute Gasteiger partial charge is 0.174 e. The highest BCUT2D eigenvalue weighted by molar-refractivity contribution is 6.30. The van der Waals surface area contributed by atoms with Gasteiger partial charge in [-0.25, -0.2) is 0 Å². The third-order valence-corrected chi connectivity index (χ3v) is 2.93. The third-order valence-electron chi connectivity index (χ3n) is 2.70. The fraction of sp³-hybridized carbons (Fsp3) is 0.400. The number of hydrogen-bond donors (Lipinski definition) is 0. The average Bonchev–Trinajstić information content (AvgIpc) is 2.73. The van der Waals surface area contributed by atoms with Crippen molar-refractivity contribution < 1.29 is 9.26 Å². The maximum Gasteiger partial charge on any atom is 0.174 e. The van der Waals surface area contributed by atoms with Gasteiger partial charge in [-0.3, -0.25) is 0 Å². The summed E-state index contributed by atoms with van der Waals surface area (Å²) < 4.78 is 10.9. The van der Waals surface area contributed by atoms with Gasteiger partial charge in [0.25, 0.3) is 0 Å². The van der Waals surface area contributed by atoms with Crippen LogP contribution in [0.3, 0.4) is 0 Å². The SMILES string of the molecule is Cc1cc(COc2ccc(Cl)cc2CC(C)C)on1. The fourth-order valence-electron chi connectivity index (χ4n) is 1.92. The average molecular weight is 280 g/mol. The van der Waals surface area contributed by atoms with Gasteiger partial charge in [0.1, 0.15) is 12.4 Å². The quantitative estimate of drug-likeness (QED) is 0.813. The summed E-state index contributed by atoms with van der Waals surface area (Å²) in [4.78, 5) is 0. The van der Waals surface area contributed by atoms with E-state index in [9.17, 15) is 0 Å². The molecule has 2 aromatic rings. The van der Waals surface area contributed by atoms with Gasteiger partial charge >= 0.3 is 0 Å². The van der Waals surface area contributed by atoms with Gasteiger partial charge in [-0.2, -0.15) is 0 Å². The molecule has 0 aliphatic carbocycles. The minimum atomic E-state index is 0.383. The van der Waals surface area contributed by atoms with E-state index in [1.807, 2.05) is 31.2 Å². The van der Waals surface area contributed by atoms with Crippen molar-refractivity contribution in [2.45, 2.75) is 33.8 Å². The lowest BCUT2D eigenvalue weighted by molar-refractivity contribution is 0.246. The Morgan fingerprint density at radius 2 is 2.11 bits per heavy atom. The van der Waals surface area contributed by atoms with Crippen molar-refractivity contribution >= 4 is 11.6 Å². The molecule has 4 heteroatoms. The summed E-state index contributed by atoms with van der Waals surface area (Å²) in [6, 6.07) is 7.58. The van der Waals surface area contributed by atoms with E-state index in [4.69, 9.17) is 20.9 Å². The maximum absolute atomic E-state index is 6.04. The first-order valence-corrected chi connectivity index (χ1v) is 6.76. The molecule has 0 amide bonds. The normalized spacial score (nSPS) is 11.0. The van der Waals surface area contributed by atoms with Crippen molar-refractivity contribution in [3.05, 3.63) is 46.3 Å². The standard InChI is InChI=1S/C15H18ClNO2/c1-10(2)6-12-8-13(16)4-5-15(12)18-9-14-7-11(3)17-19-14/h4-5,7-8,10H,6,9H2,1-3H3. The topological polar surface area (TPSA) is 35.3 Å². The van der Waals surface area contributed by atoms with Crippen LogP contribution in [0.15, 0.2) is 28.8 Å². The Bertz CT molecular complexity index is 549. The molecule has 0 aliphatic rings. The van der Waals surface area contributed by atoms with Crippen LogP contribution in [0.5, 0.6) is 5.75 Å². The molecule has 19 heavy (non-hydrogen) atoms. The second-order valence-electron chi connectivity index (χ2n) is 5.07. The van der Waals surface area contributed by atoms with Crippen LogP contribution in [0, 0.1) is 12.8 Å². The first-order valence-electron chi connectivity index (χ1n) is 6.38. The Morgan fingerprint density at radius 1 is 1.32 bits per heavy atom. The highest BCUT2D eigenvalue weighted by atomic mass is 35.5. The van der Waals surface area contributed by atoms with Gasteiger partial charge in [-0.15, -0.1) is 0 Å². The van der Waals surface area contributed by atoms with Crippen LogP contribution in [0.4, 0.5) is 0 Å². The number of rotatable bonds is 5. The number of aromatic nitrogens is 1. The van der Waals surface area contributed by atoms with Gasteiger partial charge in [-0.05, 0) is 43.0 Å². The minimum absolute atomic E-state index is 0.383. The number of nitrogens with zero attached hydrogens (tertiary/aromatic N) is 1. The van der Waals surface area contributed by atoms with Crippen LogP contribution >= 0.6 is 11.6 Å². The van der Waals surface area contributed by atoms with Crippen LogP contribution in [0.1, 0.15) is 30.9 Å². The molecule has 0 saturated heterocycles. The first-order chi connectivity index (χ1) is 9.04. The Kier molecular flexibility index (Phi) is 4.48. The van der Waals surface area contributed by atoms with Gasteiger partial charge < -0.3 is 9.26 Å². The third kappa shape index (κ3) is 4.00. The Hall–Kier alpha value is -1.48. The Balaban J connectivity index is 2.10. The first kappa shape index (κ1) is 13.9. The monoisotopic (exact) mass is 279 g/mol. The maximum atomic E-state index is 6.04. The largest absolute Gasteiger partial charge is 0.485 e. The van der Waals surface area contributed by atoms with E-state index in [-0.39, 0.29) is 0 Å². The molecule has 3 nitrogen and oxygen atoms in total. The molecule has 0 N–H and O–H groups in total. The van der Waals surface area contributed by atoms with Crippen LogP contribution in [0.2, 0.25) is 5.02 Å². The van der Waals surface area contributed by atoms with E-state index >= 15 is 0 Å². The lowest BCUT2D eigenvalue weighted by Crippen LogP contribution is -2.01. The summed E-state index contributed by atoms with van der Waals surface area (Å²) >= 11 is 6.04. The number of halogens is 1. The highest BCUT2D eigenvalue weighted by Crippen LogP contribution is 2.26. The van der Waals surface area contributed by atoms with Gasteiger partial charge in [0.15, 0.2) is 5.76 Å². The van der Waals surface area contributed by atoms with Crippen molar-refractivity contribution in [2.24, 2.45) is 5.92 Å². The van der Waals surface area contributed by atoms with Crippen molar-refractivity contribution in [3.63, 3.8) is 0 Å². The molecule has 2 rings (SSSR count). The number of ether oxygens (including phenoxy) is 1. The van der Waals surface area contributed by atoms with Crippen molar-refractivity contribution in [1.82, 2.24) is 5.16 Å². The van der Waals surface area contributed by atoms with E-state index in [1.165, 1.54) is 0 Å². The van der Waals surface area contributed by atoms with Crippen LogP contribution < -0.4 is 4.74 Å². The van der Waals surface area contributed by atoms with Crippen molar-refractivity contribution in [1.29, 1.82) is 0 Å². The van der Waals surface area contributed by atoms with Crippen LogP contribution in [0.25, 0.3) is 0 Å². The molecular formula is C15H18ClNO2. The summed E-state index contributed by atoms with van der Waals surface area (Å²) in [5.41, 5.74) is 1.98. The Labute approximate surface area is 118 Å². The zero-order valence-electron chi connectivity index (χ0n) is 11.4. The molecule has 0 saturated carbocycles. The lowest BCUT2D eigenvalue weighted by Gasteiger charge is -2.12. The molecule has 0 unspecified atom stereocenters. The van der Waals surface area contributed by atoms with Gasteiger partial charge in [0, 0.05) is 11.1 Å². The highest BCUT2D eigenvalue weighted by Gasteiger charge is 2.09. The van der Waals surface area contributed by atoms with E-state index in [1.54, 1.807) is 0 Å². The van der Waals surface area contributed by atoms with E-state index in [2.05, 4.69) is 19.0 Å². The van der Waals surface area contributed by atoms with E-state index in [0.717, 1.165) is 34.2 Å². The summed E-state index contributed by atoms with van der Waals surface area (Å²) in [7, 11) is 0. The fourth-order valence-corrected chi connectivity index (χ4v) is 2.12. The second-order valence-corrected chi connectivity index (χ2v) is 5.51. The number of aryl methyl sites for hydroxylation is 1. The zero-order chi connectivity index (χ0) is 13.8. The van der Waals surface area contributed by atoms with Crippen LogP contribution in [-0.4, -0.2) is 5.16 Å². The lowest BCUT2D eigenvalue weighted by atomic mass is 10.0.